The van der Waals surface area contributed by atoms with E-state index in [0.29, 0.717) is 12.0 Å². The molecule has 0 unspecified atom stereocenters. The van der Waals surface area contributed by atoms with E-state index in [9.17, 15) is 4.79 Å². The van der Waals surface area contributed by atoms with E-state index in [1.807, 2.05) is 63.3 Å². The van der Waals surface area contributed by atoms with Gasteiger partial charge in [0.1, 0.15) is 11.6 Å². The van der Waals surface area contributed by atoms with E-state index < -0.39 is 0 Å². The molecule has 7 heteroatoms. The second kappa shape index (κ2) is 9.78. The van der Waals surface area contributed by atoms with Gasteiger partial charge in [-0.2, -0.15) is 4.98 Å². The fourth-order valence-corrected chi connectivity index (χ4v) is 3.96. The smallest absolute Gasteiger partial charge is 0.224 e. The molecule has 162 valence electrons. The van der Waals surface area contributed by atoms with Crippen molar-refractivity contribution in [1.29, 1.82) is 0 Å². The van der Waals surface area contributed by atoms with Crippen molar-refractivity contribution in [1.82, 2.24) is 15.3 Å². The molecule has 0 bridgehead atoms. The van der Waals surface area contributed by atoms with Crippen LogP contribution in [0.5, 0.6) is 5.75 Å². The summed E-state index contributed by atoms with van der Waals surface area (Å²) in [5.74, 6) is 2.56. The van der Waals surface area contributed by atoms with Gasteiger partial charge in [-0.3, -0.25) is 4.79 Å². The average Bonchev–Trinajstić information content (AvgIpc) is 2.75. The number of hydrogen-bond donors (Lipinski definition) is 2. The molecule has 0 saturated heterocycles. The number of hydrogen-bond acceptors (Lipinski definition) is 6. The molecule has 0 aliphatic heterocycles. The van der Waals surface area contributed by atoms with Gasteiger partial charge in [0.15, 0.2) is 0 Å². The summed E-state index contributed by atoms with van der Waals surface area (Å²) in [5.41, 5.74) is 2.10. The van der Waals surface area contributed by atoms with Gasteiger partial charge in [0.05, 0.1) is 13.2 Å². The highest BCUT2D eigenvalue weighted by Crippen LogP contribution is 2.28. The van der Waals surface area contributed by atoms with Crippen LogP contribution in [0.2, 0.25) is 0 Å². The lowest BCUT2D eigenvalue weighted by Gasteiger charge is -2.29. The fraction of sp³-hybridized carbons (Fsp3) is 0.522. The Labute approximate surface area is 179 Å². The summed E-state index contributed by atoms with van der Waals surface area (Å²) in [5, 5.41) is 6.61. The molecule has 1 amide bonds. The number of anilines is 2. The van der Waals surface area contributed by atoms with Crippen molar-refractivity contribution < 1.29 is 9.53 Å². The van der Waals surface area contributed by atoms with Gasteiger partial charge in [-0.25, -0.2) is 4.98 Å². The Morgan fingerprint density at radius 2 is 1.97 bits per heavy atom. The molecular weight excluding hydrogens is 378 g/mol. The number of aryl methyl sites for hydroxylation is 1. The highest BCUT2D eigenvalue weighted by molar-refractivity contribution is 5.79. The summed E-state index contributed by atoms with van der Waals surface area (Å²) in [4.78, 5) is 23.8. The van der Waals surface area contributed by atoms with Crippen LogP contribution in [-0.4, -0.2) is 43.1 Å². The number of ether oxygens (including phenoxy) is 1. The molecule has 2 aromatic rings. The Hall–Kier alpha value is -2.83. The van der Waals surface area contributed by atoms with E-state index in [0.717, 1.165) is 48.4 Å². The zero-order valence-electron chi connectivity index (χ0n) is 18.6. The molecule has 30 heavy (non-hydrogen) atoms. The van der Waals surface area contributed by atoms with Crippen molar-refractivity contribution >= 4 is 17.7 Å². The predicted octanol–water partition coefficient (Wildman–Crippen LogP) is 3.71. The summed E-state index contributed by atoms with van der Waals surface area (Å²) >= 11 is 0. The van der Waals surface area contributed by atoms with Crippen molar-refractivity contribution in [3.8, 4) is 5.75 Å². The van der Waals surface area contributed by atoms with Gasteiger partial charge in [-0.15, -0.1) is 0 Å². The van der Waals surface area contributed by atoms with Crippen LogP contribution in [-0.2, 0) is 4.79 Å². The summed E-state index contributed by atoms with van der Waals surface area (Å²) < 4.78 is 5.28. The molecule has 1 atom stereocenters. The Morgan fingerprint density at radius 3 is 2.63 bits per heavy atom. The van der Waals surface area contributed by atoms with Crippen LogP contribution in [0.4, 0.5) is 11.8 Å². The van der Waals surface area contributed by atoms with Gasteiger partial charge < -0.3 is 20.3 Å². The van der Waals surface area contributed by atoms with E-state index in [1.165, 1.54) is 0 Å². The van der Waals surface area contributed by atoms with Gasteiger partial charge in [0.2, 0.25) is 11.9 Å². The van der Waals surface area contributed by atoms with Crippen LogP contribution < -0.4 is 20.3 Å². The Kier molecular flexibility index (Phi) is 7.13. The van der Waals surface area contributed by atoms with Crippen LogP contribution in [0.1, 0.15) is 49.8 Å². The minimum Gasteiger partial charge on any atom is -0.497 e. The topological polar surface area (TPSA) is 79.4 Å². The summed E-state index contributed by atoms with van der Waals surface area (Å²) in [7, 11) is 5.61. The average molecular weight is 412 g/mol. The van der Waals surface area contributed by atoms with Crippen molar-refractivity contribution in [2.75, 3.05) is 31.4 Å². The maximum absolute atomic E-state index is 12.8. The molecule has 1 aromatic carbocycles. The Bertz CT molecular complexity index is 862. The molecule has 3 rings (SSSR count). The maximum Gasteiger partial charge on any atom is 0.224 e. The highest BCUT2D eigenvalue weighted by Gasteiger charge is 2.27. The first-order chi connectivity index (χ1) is 14.4. The molecule has 1 aliphatic rings. The molecule has 1 aromatic heterocycles. The molecule has 1 fully saturated rings. The minimum atomic E-state index is -0.0474. The Morgan fingerprint density at radius 1 is 1.23 bits per heavy atom. The SMILES string of the molecule is COc1cccc([C@H](C)NC(=O)[C@H]2CC[C@@H](Nc3ncc(C)c(N(C)C)n3)CC2)c1. The normalized spacial score (nSPS) is 19.6. The molecule has 2 N–H and O–H groups in total. The monoisotopic (exact) mass is 411 g/mol. The number of carbonyl (C=O) groups excluding carboxylic acids is 1. The van der Waals surface area contributed by atoms with E-state index in [1.54, 1.807) is 7.11 Å². The van der Waals surface area contributed by atoms with Crippen LogP contribution >= 0.6 is 0 Å². The quantitative estimate of drug-likeness (QED) is 0.723. The van der Waals surface area contributed by atoms with E-state index in [4.69, 9.17) is 4.74 Å². The number of carbonyl (C=O) groups is 1. The molecule has 0 spiro atoms. The third-order valence-corrected chi connectivity index (χ3v) is 5.75. The number of aromatic nitrogens is 2. The van der Waals surface area contributed by atoms with E-state index >= 15 is 0 Å². The van der Waals surface area contributed by atoms with E-state index in [2.05, 4.69) is 20.6 Å². The number of benzene rings is 1. The molecule has 7 nitrogen and oxygen atoms in total. The Balaban J connectivity index is 1.51. The number of rotatable bonds is 7. The molecule has 1 aliphatic carbocycles. The van der Waals surface area contributed by atoms with Crippen molar-refractivity contribution in [2.24, 2.45) is 5.92 Å². The van der Waals surface area contributed by atoms with Crippen LogP contribution in [0.3, 0.4) is 0 Å². The lowest BCUT2D eigenvalue weighted by atomic mass is 9.85. The lowest BCUT2D eigenvalue weighted by molar-refractivity contribution is -0.126. The summed E-state index contributed by atoms with van der Waals surface area (Å²) in [6, 6.07) is 8.08. The van der Waals surface area contributed by atoms with Gasteiger partial charge >= 0.3 is 0 Å². The van der Waals surface area contributed by atoms with E-state index in [-0.39, 0.29) is 17.9 Å². The number of amides is 1. The minimum absolute atomic E-state index is 0.0474. The molecule has 1 heterocycles. The zero-order valence-corrected chi connectivity index (χ0v) is 18.6. The first-order valence-electron chi connectivity index (χ1n) is 10.6. The fourth-order valence-electron chi connectivity index (χ4n) is 3.96. The molecular formula is C23H33N5O2. The van der Waals surface area contributed by atoms with Crippen molar-refractivity contribution in [2.45, 2.75) is 51.6 Å². The van der Waals surface area contributed by atoms with Gasteiger partial charge in [-0.1, -0.05) is 12.1 Å². The summed E-state index contributed by atoms with van der Waals surface area (Å²) in [6.45, 7) is 4.02. The second-order valence-corrected chi connectivity index (χ2v) is 8.29. The van der Waals surface area contributed by atoms with Crippen molar-refractivity contribution in [3.63, 3.8) is 0 Å². The highest BCUT2D eigenvalue weighted by atomic mass is 16.5. The molecule has 1 saturated carbocycles. The van der Waals surface area contributed by atoms with Crippen LogP contribution in [0, 0.1) is 12.8 Å². The third-order valence-electron chi connectivity index (χ3n) is 5.75. The van der Waals surface area contributed by atoms with Gasteiger partial charge in [0, 0.05) is 37.8 Å². The number of nitrogens with zero attached hydrogens (tertiary/aromatic N) is 3. The maximum atomic E-state index is 12.8. The number of nitrogens with one attached hydrogen (secondary N) is 2. The van der Waals surface area contributed by atoms with Crippen LogP contribution in [0.15, 0.2) is 30.5 Å². The summed E-state index contributed by atoms with van der Waals surface area (Å²) in [6.07, 6.45) is 5.44. The lowest BCUT2D eigenvalue weighted by Crippen LogP contribution is -2.37. The third kappa shape index (κ3) is 5.40. The predicted molar refractivity (Wildman–Crippen MR) is 120 cm³/mol. The van der Waals surface area contributed by atoms with Gasteiger partial charge in [-0.05, 0) is 57.2 Å². The second-order valence-electron chi connectivity index (χ2n) is 8.29. The first-order valence-corrected chi connectivity index (χ1v) is 10.6. The standard InChI is InChI=1S/C23H33N5O2/c1-15-14-24-23(27-21(15)28(3)4)26-19-11-9-17(10-12-19)22(29)25-16(2)18-7-6-8-20(13-18)30-5/h6-8,13-14,16-17,19H,9-12H2,1-5H3,(H,25,29)(H,24,26,27)/t16-,17-,19+/m0/s1. The molecule has 0 radical (unpaired) electrons. The van der Waals surface area contributed by atoms with Crippen molar-refractivity contribution in [3.05, 3.63) is 41.6 Å². The van der Waals surface area contributed by atoms with Crippen LogP contribution in [0.25, 0.3) is 0 Å². The van der Waals surface area contributed by atoms with Gasteiger partial charge in [0.25, 0.3) is 0 Å². The first kappa shape index (κ1) is 21.9. The zero-order chi connectivity index (χ0) is 21.7. The number of methoxy groups -OCH3 is 1. The largest absolute Gasteiger partial charge is 0.497 e.